The molecule has 0 radical (unpaired) electrons. The first-order valence-electron chi connectivity index (χ1n) is 20.9. The second-order valence-electron chi connectivity index (χ2n) is 18.9. The Kier molecular flexibility index (Phi) is 11.1. The Hall–Kier alpha value is -1.27. The number of hydrogen-bond acceptors (Lipinski definition) is 14. The molecule has 7 fully saturated rings. The Morgan fingerprint density at radius 1 is 0.691 bits per heavy atom. The molecule has 0 spiro atoms. The number of carbonyl (C=O) groups excluding carboxylic acids is 1. The average molecular weight is 781 g/mol. The SMILES string of the molecule is CC1O[C@@H](O[C@@H]2C(C)O[C@@H](O[C@@H]3C(C)O[C@@H](O[C@H]4CC[C@@]5(C)[C@H](CC[C@@H]6[C@@H]5CC[C@]5(C)[C@@H](C7=CC(=O)OC7)[C@@H](O)C[C@]65O)C4)C[C@H]3O)C[C@H]2O)C[C@@H](O)[C@@H]1O. The fourth-order valence-corrected chi connectivity index (χ4v) is 12.9. The van der Waals surface area contributed by atoms with Crippen molar-refractivity contribution in [2.75, 3.05) is 6.61 Å². The Labute approximate surface area is 323 Å². The van der Waals surface area contributed by atoms with Gasteiger partial charge < -0.3 is 63.8 Å². The molecule has 4 aliphatic heterocycles. The molecule has 14 heteroatoms. The number of aliphatic hydroxyl groups excluding tert-OH is 5. The number of aliphatic hydroxyl groups is 6. The summed E-state index contributed by atoms with van der Waals surface area (Å²) < 4.78 is 42.1. The molecule has 4 heterocycles. The van der Waals surface area contributed by atoms with Gasteiger partial charge in [0.2, 0.25) is 0 Å². The van der Waals surface area contributed by atoms with Crippen LogP contribution >= 0.6 is 0 Å². The van der Waals surface area contributed by atoms with Gasteiger partial charge in [-0.05, 0) is 94.5 Å². The highest BCUT2D eigenvalue weighted by atomic mass is 16.7. The minimum Gasteiger partial charge on any atom is -0.458 e. The molecule has 8 rings (SSSR count). The van der Waals surface area contributed by atoms with Crippen LogP contribution in [0.2, 0.25) is 0 Å². The van der Waals surface area contributed by atoms with Crippen LogP contribution in [0, 0.1) is 34.5 Å². The van der Waals surface area contributed by atoms with Gasteiger partial charge in [0.1, 0.15) is 24.9 Å². The van der Waals surface area contributed by atoms with Crippen LogP contribution in [-0.4, -0.2) is 135 Å². The Morgan fingerprint density at radius 2 is 1.29 bits per heavy atom. The Morgan fingerprint density at radius 3 is 1.87 bits per heavy atom. The van der Waals surface area contributed by atoms with E-state index in [4.69, 9.17) is 33.2 Å². The summed E-state index contributed by atoms with van der Waals surface area (Å²) in [5.41, 5.74) is -0.686. The van der Waals surface area contributed by atoms with E-state index in [1.54, 1.807) is 13.8 Å². The molecule has 4 aliphatic carbocycles. The van der Waals surface area contributed by atoms with Crippen molar-refractivity contribution in [1.29, 1.82) is 0 Å². The summed E-state index contributed by atoms with van der Waals surface area (Å²) in [6.07, 6.45) is -1.26. The molecule has 0 aromatic rings. The number of fused-ring (bicyclic) bond motifs is 5. The topological polar surface area (TPSA) is 203 Å². The van der Waals surface area contributed by atoms with Gasteiger partial charge in [0.05, 0.1) is 54.4 Å². The number of carbonyl (C=O) groups is 1. The monoisotopic (exact) mass is 780 g/mol. The molecular formula is C41H64O14. The molecule has 8 aliphatic rings. The van der Waals surface area contributed by atoms with Gasteiger partial charge in [-0.15, -0.1) is 0 Å². The van der Waals surface area contributed by atoms with E-state index in [1.165, 1.54) is 6.08 Å². The van der Waals surface area contributed by atoms with E-state index < -0.39 is 90.9 Å². The van der Waals surface area contributed by atoms with Crippen LogP contribution in [0.25, 0.3) is 0 Å². The van der Waals surface area contributed by atoms with Crippen LogP contribution in [0.5, 0.6) is 0 Å². The second kappa shape index (κ2) is 15.1. The summed E-state index contributed by atoms with van der Waals surface area (Å²) in [5, 5.41) is 66.3. The lowest BCUT2D eigenvalue weighted by Crippen LogP contribution is -2.62. The molecule has 0 aromatic carbocycles. The smallest absolute Gasteiger partial charge is 0.331 e. The summed E-state index contributed by atoms with van der Waals surface area (Å²) in [5.74, 6) is 0.174. The van der Waals surface area contributed by atoms with Gasteiger partial charge in [0.25, 0.3) is 0 Å². The van der Waals surface area contributed by atoms with E-state index in [0.29, 0.717) is 18.3 Å². The first-order chi connectivity index (χ1) is 26.0. The molecule has 0 aromatic heterocycles. The van der Waals surface area contributed by atoms with Gasteiger partial charge >= 0.3 is 5.97 Å². The summed E-state index contributed by atoms with van der Waals surface area (Å²) in [6, 6.07) is 0. The Balaban J connectivity index is 0.834. The number of cyclic esters (lactones) is 1. The predicted octanol–water partition coefficient (Wildman–Crippen LogP) is 2.22. The lowest BCUT2D eigenvalue weighted by atomic mass is 9.43. The molecule has 312 valence electrons. The molecule has 3 saturated heterocycles. The molecule has 6 N–H and O–H groups in total. The number of esters is 1. The van der Waals surface area contributed by atoms with Crippen molar-refractivity contribution in [3.8, 4) is 0 Å². The van der Waals surface area contributed by atoms with E-state index >= 15 is 0 Å². The van der Waals surface area contributed by atoms with Gasteiger partial charge in [-0.3, -0.25) is 0 Å². The van der Waals surface area contributed by atoms with Gasteiger partial charge in [-0.2, -0.15) is 0 Å². The van der Waals surface area contributed by atoms with Crippen molar-refractivity contribution in [3.63, 3.8) is 0 Å². The summed E-state index contributed by atoms with van der Waals surface area (Å²) in [6.45, 7) is 9.98. The maximum Gasteiger partial charge on any atom is 0.331 e. The van der Waals surface area contributed by atoms with Crippen LogP contribution in [0.15, 0.2) is 11.6 Å². The third-order valence-electron chi connectivity index (χ3n) is 15.8. The fraction of sp³-hybridized carbons (Fsp3) is 0.927. The van der Waals surface area contributed by atoms with E-state index in [2.05, 4.69) is 13.8 Å². The third kappa shape index (κ3) is 7.05. The van der Waals surface area contributed by atoms with Crippen molar-refractivity contribution in [2.24, 2.45) is 34.5 Å². The molecule has 55 heavy (non-hydrogen) atoms. The predicted molar refractivity (Wildman–Crippen MR) is 193 cm³/mol. The minimum atomic E-state index is -1.01. The van der Waals surface area contributed by atoms with E-state index in [0.717, 1.165) is 50.5 Å². The van der Waals surface area contributed by atoms with Gasteiger partial charge in [0, 0.05) is 43.1 Å². The second-order valence-corrected chi connectivity index (χ2v) is 18.9. The molecule has 0 bridgehead atoms. The van der Waals surface area contributed by atoms with Crippen molar-refractivity contribution in [2.45, 2.75) is 197 Å². The normalized spacial score (nSPS) is 55.5. The molecule has 0 amide bonds. The van der Waals surface area contributed by atoms with Gasteiger partial charge in [-0.25, -0.2) is 4.79 Å². The highest BCUT2D eigenvalue weighted by Gasteiger charge is 2.70. The summed E-state index contributed by atoms with van der Waals surface area (Å²) in [7, 11) is 0. The fourth-order valence-electron chi connectivity index (χ4n) is 12.9. The van der Waals surface area contributed by atoms with Crippen LogP contribution in [0.3, 0.4) is 0 Å². The first kappa shape index (κ1) is 40.5. The zero-order valence-corrected chi connectivity index (χ0v) is 32.9. The van der Waals surface area contributed by atoms with Crippen LogP contribution in [-0.2, 0) is 38.0 Å². The first-order valence-corrected chi connectivity index (χ1v) is 20.9. The highest BCUT2D eigenvalue weighted by Crippen LogP contribution is 2.70. The maximum absolute atomic E-state index is 12.6. The van der Waals surface area contributed by atoms with Crippen molar-refractivity contribution in [1.82, 2.24) is 0 Å². The van der Waals surface area contributed by atoms with Crippen molar-refractivity contribution < 1.29 is 68.6 Å². The molecule has 21 atom stereocenters. The molecule has 14 nitrogen and oxygen atoms in total. The third-order valence-corrected chi connectivity index (χ3v) is 15.8. The average Bonchev–Trinajstić information content (AvgIpc) is 3.62. The van der Waals surface area contributed by atoms with Gasteiger partial charge in [0.15, 0.2) is 18.9 Å². The van der Waals surface area contributed by atoms with E-state index in [1.807, 2.05) is 6.92 Å². The highest BCUT2D eigenvalue weighted by molar-refractivity contribution is 5.85. The number of ether oxygens (including phenoxy) is 7. The van der Waals surface area contributed by atoms with E-state index in [-0.39, 0.29) is 55.2 Å². The lowest BCUT2D eigenvalue weighted by Gasteiger charge is -2.63. The quantitative estimate of drug-likeness (QED) is 0.162. The summed E-state index contributed by atoms with van der Waals surface area (Å²) >= 11 is 0. The zero-order chi connectivity index (χ0) is 39.2. The largest absolute Gasteiger partial charge is 0.458 e. The lowest BCUT2D eigenvalue weighted by molar-refractivity contribution is -0.336. The van der Waals surface area contributed by atoms with Crippen LogP contribution in [0.1, 0.15) is 105 Å². The Bertz CT molecular complexity index is 1410. The number of rotatable bonds is 7. The van der Waals surface area contributed by atoms with Gasteiger partial charge in [-0.1, -0.05) is 13.8 Å². The zero-order valence-electron chi connectivity index (χ0n) is 32.9. The van der Waals surface area contributed by atoms with E-state index in [9.17, 15) is 35.4 Å². The van der Waals surface area contributed by atoms with Crippen LogP contribution < -0.4 is 0 Å². The molecular weight excluding hydrogens is 716 g/mol. The summed E-state index contributed by atoms with van der Waals surface area (Å²) in [4.78, 5) is 12.0. The maximum atomic E-state index is 12.6. The standard InChI is InChI=1S/C41H64O14/c1-19-36(47)27(42)14-33(50-19)54-38-21(3)52-34(16-29(38)44)55-37-20(2)51-32(15-28(37)43)53-24-8-10-39(4)23(13-24)6-7-26-25(39)9-11-40(5)35(22-12-31(46)49-18-22)30(45)17-41(26,40)48/h12,19-21,23-30,32-38,42-45,47-48H,6-11,13-18H2,1-5H3/t19?,20?,21?,23-,24+,25+,26-,27-,28-,29-,30+,32+,33+,34+,35+,36-,37-,38-,39+,40-,41+/m1/s1. The molecule has 4 saturated carbocycles. The number of hydrogen-bond donors (Lipinski definition) is 6. The minimum absolute atomic E-state index is 0.0203. The van der Waals surface area contributed by atoms with Crippen LogP contribution in [0.4, 0.5) is 0 Å². The van der Waals surface area contributed by atoms with Crippen molar-refractivity contribution >= 4 is 5.97 Å². The molecule has 3 unspecified atom stereocenters. The van der Waals surface area contributed by atoms with Crippen molar-refractivity contribution in [3.05, 3.63) is 11.6 Å².